The molecule has 1 unspecified atom stereocenters. The fraction of sp³-hybridized carbons (Fsp3) is 1.00. The van der Waals surface area contributed by atoms with Gasteiger partial charge in [0.25, 0.3) is 0 Å². The van der Waals surface area contributed by atoms with E-state index < -0.39 is 0 Å². The molecule has 0 aliphatic carbocycles. The van der Waals surface area contributed by atoms with E-state index in [9.17, 15) is 0 Å². The maximum atomic E-state index is 5.10. The summed E-state index contributed by atoms with van der Waals surface area (Å²) in [5.41, 5.74) is 0. The van der Waals surface area contributed by atoms with E-state index in [-0.39, 0.29) is 0 Å². The van der Waals surface area contributed by atoms with Gasteiger partial charge in [-0.2, -0.15) is 0 Å². The Kier molecular flexibility index (Phi) is 9.92. The number of rotatable bonds is 0. The monoisotopic (exact) mass is 336 g/mol. The average molecular weight is 337 g/mol. The van der Waals surface area contributed by atoms with Crippen LogP contribution in [0.15, 0.2) is 0 Å². The van der Waals surface area contributed by atoms with Crippen LogP contribution in [0.3, 0.4) is 0 Å². The fourth-order valence-electron chi connectivity index (χ4n) is 0.516. The summed E-state index contributed by atoms with van der Waals surface area (Å²) in [5.74, 6) is 0. The molecular formula is C4H9AuClOP. The van der Waals surface area contributed by atoms with Crippen LogP contribution in [0.5, 0.6) is 0 Å². The summed E-state index contributed by atoms with van der Waals surface area (Å²) < 4.78 is 5.10. The van der Waals surface area contributed by atoms with Crippen LogP contribution in [0.1, 0.15) is 12.8 Å². The number of halogens is 1. The molecule has 0 spiro atoms. The molecule has 0 amide bonds. The van der Waals surface area contributed by atoms with Crippen LogP contribution in [-0.2, 0) is 24.5 Å². The Morgan fingerprint density at radius 3 is 2.25 bits per heavy atom. The maximum absolute atomic E-state index is 5.10. The Morgan fingerprint density at radius 2 is 2.12 bits per heavy atom. The molecule has 1 aliphatic rings. The van der Waals surface area contributed by atoms with Gasteiger partial charge in [0, 0.05) is 8.81 Å². The van der Waals surface area contributed by atoms with Crippen molar-refractivity contribution >= 4 is 18.0 Å². The molecule has 1 aliphatic heterocycles. The van der Waals surface area contributed by atoms with Gasteiger partial charge >= 0.3 is 29.2 Å². The first-order chi connectivity index (χ1) is 4.00. The first-order valence-corrected chi connectivity index (χ1v) is 6.26. The third kappa shape index (κ3) is 5.56. The van der Waals surface area contributed by atoms with Crippen LogP contribution < -0.4 is 0 Å². The summed E-state index contributed by atoms with van der Waals surface area (Å²) in [6.45, 7) is 1.01. The predicted octanol–water partition coefficient (Wildman–Crippen LogP) is 2.08. The first-order valence-electron chi connectivity index (χ1n) is 2.46. The second kappa shape index (κ2) is 8.42. The third-order valence-corrected chi connectivity index (χ3v) is 1.84. The Hall–Kier alpha value is 1.42. The molecule has 0 radical (unpaired) electrons. The summed E-state index contributed by atoms with van der Waals surface area (Å²) in [4.78, 5) is 0. The van der Waals surface area contributed by atoms with E-state index in [0.29, 0.717) is 0 Å². The molecule has 8 heavy (non-hydrogen) atoms. The summed E-state index contributed by atoms with van der Waals surface area (Å²) >= 11 is 1.75. The van der Waals surface area contributed by atoms with Crippen molar-refractivity contribution in [1.82, 2.24) is 0 Å². The predicted molar refractivity (Wildman–Crippen MR) is 34.2 cm³/mol. The van der Waals surface area contributed by atoms with E-state index in [2.05, 4.69) is 9.19 Å². The van der Waals surface area contributed by atoms with Crippen molar-refractivity contribution in [3.63, 3.8) is 0 Å². The van der Waals surface area contributed by atoms with Gasteiger partial charge in [0.2, 0.25) is 0 Å². The van der Waals surface area contributed by atoms with Gasteiger partial charge in [-0.15, -0.1) is 0 Å². The zero-order chi connectivity index (χ0) is 6.24. The van der Waals surface area contributed by atoms with Crippen LogP contribution in [0.25, 0.3) is 0 Å². The Balaban J connectivity index is 0.000000222. The molecule has 1 heterocycles. The van der Waals surface area contributed by atoms with Crippen molar-refractivity contribution in [3.8, 4) is 0 Å². The summed E-state index contributed by atoms with van der Waals surface area (Å²) in [6.07, 6.45) is 3.98. The van der Waals surface area contributed by atoms with E-state index in [4.69, 9.17) is 4.52 Å². The molecule has 1 nitrogen and oxygen atoms in total. The molecule has 0 aromatic carbocycles. The average Bonchev–Trinajstić information content (AvgIpc) is 1.96. The van der Waals surface area contributed by atoms with Gasteiger partial charge < -0.3 is 4.52 Å². The van der Waals surface area contributed by atoms with E-state index in [1.807, 2.05) is 0 Å². The van der Waals surface area contributed by atoms with Crippen LogP contribution in [0.2, 0.25) is 0 Å². The minimum absolute atomic E-state index is 0.802. The molecular weight excluding hydrogens is 327 g/mol. The molecule has 0 aromatic rings. The standard InChI is InChI=1S/C4H9OP.Au.ClH/c1-2-4-6-5-3-1;;/h6H,1-4H2;;1H/q;+1;/p-1. The topological polar surface area (TPSA) is 9.23 Å². The Labute approximate surface area is 68.1 Å². The van der Waals surface area contributed by atoms with Crippen molar-refractivity contribution in [2.75, 3.05) is 12.8 Å². The minimum atomic E-state index is 0.802. The van der Waals surface area contributed by atoms with Crippen molar-refractivity contribution < 1.29 is 24.5 Å². The van der Waals surface area contributed by atoms with Gasteiger partial charge in [-0.3, -0.25) is 0 Å². The molecule has 0 saturated carbocycles. The number of hydrogen-bond acceptors (Lipinski definition) is 1. The third-order valence-electron chi connectivity index (χ3n) is 0.877. The molecule has 1 fully saturated rings. The Morgan fingerprint density at radius 1 is 1.38 bits per heavy atom. The normalized spacial score (nSPS) is 21.9. The molecule has 0 N–H and O–H groups in total. The van der Waals surface area contributed by atoms with E-state index in [1.54, 1.807) is 20.0 Å². The molecule has 0 bridgehead atoms. The molecule has 0 aromatic heterocycles. The van der Waals surface area contributed by atoms with Crippen LogP contribution in [-0.4, -0.2) is 12.8 Å². The second-order valence-corrected chi connectivity index (χ2v) is 2.53. The molecule has 4 heteroatoms. The van der Waals surface area contributed by atoms with Gasteiger partial charge in [0.05, 0.1) is 6.61 Å². The van der Waals surface area contributed by atoms with Gasteiger partial charge in [-0.05, 0) is 19.0 Å². The molecule has 1 rings (SSSR count). The first kappa shape index (κ1) is 9.42. The zero-order valence-corrected chi connectivity index (χ0v) is 8.34. The van der Waals surface area contributed by atoms with Gasteiger partial charge in [0.15, 0.2) is 0 Å². The van der Waals surface area contributed by atoms with Crippen LogP contribution in [0, 0.1) is 0 Å². The number of hydrogen-bond donors (Lipinski definition) is 0. The summed E-state index contributed by atoms with van der Waals surface area (Å²) in [5, 5.41) is 0. The molecule has 1 saturated heterocycles. The van der Waals surface area contributed by atoms with E-state index in [1.165, 1.54) is 19.0 Å². The van der Waals surface area contributed by atoms with Crippen LogP contribution >= 0.6 is 18.0 Å². The molecule has 1 atom stereocenters. The quantitative estimate of drug-likeness (QED) is 0.486. The zero-order valence-electron chi connectivity index (χ0n) is 4.42. The van der Waals surface area contributed by atoms with Crippen molar-refractivity contribution in [2.24, 2.45) is 0 Å². The van der Waals surface area contributed by atoms with Crippen molar-refractivity contribution in [1.29, 1.82) is 0 Å². The van der Waals surface area contributed by atoms with Gasteiger partial charge in [-0.25, -0.2) is 0 Å². The van der Waals surface area contributed by atoms with Crippen LogP contribution in [0.4, 0.5) is 0 Å². The molecule has 54 valence electrons. The fourth-order valence-corrected chi connectivity index (χ4v) is 1.34. The summed E-state index contributed by atoms with van der Waals surface area (Å²) in [7, 11) is 5.39. The van der Waals surface area contributed by atoms with E-state index >= 15 is 0 Å². The second-order valence-electron chi connectivity index (χ2n) is 1.45. The summed E-state index contributed by atoms with van der Waals surface area (Å²) in [6, 6.07) is 0. The van der Waals surface area contributed by atoms with Gasteiger partial charge in [-0.1, -0.05) is 0 Å². The SMILES string of the molecule is C1CCPOC1.[Cl][Au]. The van der Waals surface area contributed by atoms with Crippen molar-refractivity contribution in [2.45, 2.75) is 12.8 Å². The van der Waals surface area contributed by atoms with E-state index in [0.717, 1.165) is 15.4 Å². The van der Waals surface area contributed by atoms with Crippen molar-refractivity contribution in [3.05, 3.63) is 0 Å². The Bertz CT molecular complexity index is 31.5. The van der Waals surface area contributed by atoms with Gasteiger partial charge in [0.1, 0.15) is 0 Å².